The third-order valence-corrected chi connectivity index (χ3v) is 2.59. The average molecular weight is 188 g/mol. The Morgan fingerprint density at radius 2 is 2.36 bits per heavy atom. The summed E-state index contributed by atoms with van der Waals surface area (Å²) in [7, 11) is 0. The van der Waals surface area contributed by atoms with E-state index >= 15 is 0 Å². The number of aromatic nitrogens is 2. The lowest BCUT2D eigenvalue weighted by Gasteiger charge is -2.04. The van der Waals surface area contributed by atoms with Crippen LogP contribution >= 0.6 is 0 Å². The molecule has 3 rings (SSSR count). The fourth-order valence-corrected chi connectivity index (χ4v) is 1.51. The molecular weight excluding hydrogens is 176 g/mol. The van der Waals surface area contributed by atoms with E-state index in [1.165, 1.54) is 12.8 Å². The van der Waals surface area contributed by atoms with E-state index < -0.39 is 0 Å². The molecule has 2 aromatic rings. The van der Waals surface area contributed by atoms with Crippen LogP contribution < -0.4 is 4.74 Å². The number of nitrogens with zero attached hydrogens (tertiary/aromatic N) is 1. The van der Waals surface area contributed by atoms with Gasteiger partial charge in [0.25, 0.3) is 0 Å². The predicted molar refractivity (Wildman–Crippen MR) is 54.3 cm³/mol. The maximum atomic E-state index is 5.67. The second kappa shape index (κ2) is 3.01. The molecule has 0 saturated heterocycles. The van der Waals surface area contributed by atoms with Gasteiger partial charge < -0.3 is 4.74 Å². The van der Waals surface area contributed by atoms with Gasteiger partial charge in [-0.1, -0.05) is 0 Å². The molecule has 1 N–H and O–H groups in total. The summed E-state index contributed by atoms with van der Waals surface area (Å²) < 4.78 is 5.67. The van der Waals surface area contributed by atoms with E-state index in [0.29, 0.717) is 0 Å². The van der Waals surface area contributed by atoms with E-state index in [2.05, 4.69) is 10.2 Å². The first-order valence-corrected chi connectivity index (χ1v) is 4.98. The second-order valence-electron chi connectivity index (χ2n) is 3.87. The van der Waals surface area contributed by atoms with E-state index in [9.17, 15) is 0 Å². The summed E-state index contributed by atoms with van der Waals surface area (Å²) in [5.41, 5.74) is 1.06. The number of nitrogens with one attached hydrogen (secondary N) is 1. The van der Waals surface area contributed by atoms with Gasteiger partial charge >= 0.3 is 0 Å². The second-order valence-corrected chi connectivity index (χ2v) is 3.87. The van der Waals surface area contributed by atoms with E-state index in [1.807, 2.05) is 24.4 Å². The monoisotopic (exact) mass is 188 g/mol. The number of aromatic amines is 1. The smallest absolute Gasteiger partial charge is 0.120 e. The first-order chi connectivity index (χ1) is 6.92. The van der Waals surface area contributed by atoms with Crippen molar-refractivity contribution in [1.29, 1.82) is 0 Å². The minimum absolute atomic E-state index is 0.801. The zero-order chi connectivity index (χ0) is 9.38. The molecule has 3 nitrogen and oxygen atoms in total. The van der Waals surface area contributed by atoms with E-state index in [4.69, 9.17) is 4.74 Å². The molecule has 14 heavy (non-hydrogen) atoms. The minimum atomic E-state index is 0.801. The normalized spacial score (nSPS) is 16.0. The van der Waals surface area contributed by atoms with Gasteiger partial charge in [0.15, 0.2) is 0 Å². The van der Waals surface area contributed by atoms with Crippen molar-refractivity contribution in [2.45, 2.75) is 12.8 Å². The van der Waals surface area contributed by atoms with Crippen molar-refractivity contribution in [3.05, 3.63) is 24.4 Å². The third-order valence-electron chi connectivity index (χ3n) is 2.59. The lowest BCUT2D eigenvalue weighted by atomic mass is 10.2. The van der Waals surface area contributed by atoms with Crippen LogP contribution in [0.2, 0.25) is 0 Å². The molecule has 0 atom stereocenters. The van der Waals surface area contributed by atoms with E-state index in [0.717, 1.165) is 29.2 Å². The Labute approximate surface area is 82.1 Å². The zero-order valence-electron chi connectivity index (χ0n) is 7.86. The van der Waals surface area contributed by atoms with E-state index in [-0.39, 0.29) is 0 Å². The minimum Gasteiger partial charge on any atom is -0.493 e. The first kappa shape index (κ1) is 7.85. The van der Waals surface area contributed by atoms with Crippen LogP contribution in [0.4, 0.5) is 0 Å². The van der Waals surface area contributed by atoms with Gasteiger partial charge in [0.05, 0.1) is 18.3 Å². The van der Waals surface area contributed by atoms with Crippen molar-refractivity contribution in [1.82, 2.24) is 10.2 Å². The fourth-order valence-electron chi connectivity index (χ4n) is 1.51. The van der Waals surface area contributed by atoms with Crippen LogP contribution in [0.15, 0.2) is 24.4 Å². The molecule has 0 aliphatic heterocycles. The highest BCUT2D eigenvalue weighted by molar-refractivity contribution is 5.79. The molecule has 1 aliphatic rings. The van der Waals surface area contributed by atoms with Gasteiger partial charge in [-0.3, -0.25) is 5.10 Å². The summed E-state index contributed by atoms with van der Waals surface area (Å²) in [6.45, 7) is 0.864. The Bertz CT molecular complexity index is 445. The van der Waals surface area contributed by atoms with Crippen LogP contribution in [0.25, 0.3) is 10.9 Å². The molecule has 0 radical (unpaired) electrons. The molecule has 0 spiro atoms. The Morgan fingerprint density at radius 1 is 1.43 bits per heavy atom. The molecule has 3 heteroatoms. The van der Waals surface area contributed by atoms with Crippen molar-refractivity contribution in [3.63, 3.8) is 0 Å². The summed E-state index contributed by atoms with van der Waals surface area (Å²) >= 11 is 0. The number of benzene rings is 1. The van der Waals surface area contributed by atoms with Crippen LogP contribution in [0.1, 0.15) is 12.8 Å². The molecule has 1 aromatic heterocycles. The number of fused-ring (bicyclic) bond motifs is 1. The number of H-pyrrole nitrogens is 1. The lowest BCUT2D eigenvalue weighted by molar-refractivity contribution is 0.300. The molecule has 1 saturated carbocycles. The van der Waals surface area contributed by atoms with Crippen LogP contribution in [-0.4, -0.2) is 16.8 Å². The van der Waals surface area contributed by atoms with Crippen molar-refractivity contribution in [3.8, 4) is 5.75 Å². The molecular formula is C11H12N2O. The fraction of sp³-hybridized carbons (Fsp3) is 0.364. The predicted octanol–water partition coefficient (Wildman–Crippen LogP) is 2.35. The van der Waals surface area contributed by atoms with Gasteiger partial charge in [-0.25, -0.2) is 0 Å². The zero-order valence-corrected chi connectivity index (χ0v) is 7.86. The summed E-state index contributed by atoms with van der Waals surface area (Å²) in [6, 6.07) is 6.02. The summed E-state index contributed by atoms with van der Waals surface area (Å²) in [4.78, 5) is 0. The molecule has 72 valence electrons. The number of ether oxygens (including phenoxy) is 1. The summed E-state index contributed by atoms with van der Waals surface area (Å²) in [5, 5.41) is 8.00. The maximum absolute atomic E-state index is 5.67. The van der Waals surface area contributed by atoms with Crippen molar-refractivity contribution >= 4 is 10.9 Å². The van der Waals surface area contributed by atoms with Gasteiger partial charge in [-0.2, -0.15) is 5.10 Å². The lowest BCUT2D eigenvalue weighted by Crippen LogP contribution is -1.98. The molecule has 0 amide bonds. The summed E-state index contributed by atoms with van der Waals surface area (Å²) in [5.74, 6) is 1.75. The largest absolute Gasteiger partial charge is 0.493 e. The summed E-state index contributed by atoms with van der Waals surface area (Å²) in [6.07, 6.45) is 4.47. The number of rotatable bonds is 3. The van der Waals surface area contributed by atoms with E-state index in [1.54, 1.807) is 0 Å². The highest BCUT2D eigenvalue weighted by Gasteiger charge is 2.21. The Kier molecular flexibility index (Phi) is 1.69. The Hall–Kier alpha value is -1.51. The van der Waals surface area contributed by atoms with Crippen LogP contribution in [0.5, 0.6) is 5.75 Å². The van der Waals surface area contributed by atoms with Gasteiger partial charge in [-0.05, 0) is 37.0 Å². The molecule has 1 heterocycles. The van der Waals surface area contributed by atoms with Crippen LogP contribution in [-0.2, 0) is 0 Å². The highest BCUT2D eigenvalue weighted by Crippen LogP contribution is 2.30. The van der Waals surface area contributed by atoms with Gasteiger partial charge in [0, 0.05) is 5.39 Å². The van der Waals surface area contributed by atoms with Crippen molar-refractivity contribution in [2.75, 3.05) is 6.61 Å². The van der Waals surface area contributed by atoms with Crippen molar-refractivity contribution < 1.29 is 4.74 Å². The number of hydrogen-bond acceptors (Lipinski definition) is 2. The molecule has 1 aromatic carbocycles. The quantitative estimate of drug-likeness (QED) is 0.802. The maximum Gasteiger partial charge on any atom is 0.120 e. The van der Waals surface area contributed by atoms with Gasteiger partial charge in [0.2, 0.25) is 0 Å². The molecule has 1 fully saturated rings. The molecule has 1 aliphatic carbocycles. The van der Waals surface area contributed by atoms with Crippen LogP contribution in [0.3, 0.4) is 0 Å². The standard InChI is InChI=1S/C11H12N2O/c1-2-8(1)7-14-10-3-4-11-9(5-10)6-12-13-11/h3-6,8H,1-2,7H2,(H,12,13). The number of hydrogen-bond donors (Lipinski definition) is 1. The average Bonchev–Trinajstić information content (AvgIpc) is 2.92. The van der Waals surface area contributed by atoms with Gasteiger partial charge in [0.1, 0.15) is 5.75 Å². The Morgan fingerprint density at radius 3 is 3.21 bits per heavy atom. The topological polar surface area (TPSA) is 37.9 Å². The highest BCUT2D eigenvalue weighted by atomic mass is 16.5. The SMILES string of the molecule is c1cc2[nH]ncc2cc1OCC1CC1. The van der Waals surface area contributed by atoms with Crippen LogP contribution in [0, 0.1) is 5.92 Å². The van der Waals surface area contributed by atoms with Crippen molar-refractivity contribution in [2.24, 2.45) is 5.92 Å². The molecule has 0 bridgehead atoms. The first-order valence-electron chi connectivity index (χ1n) is 4.98. The van der Waals surface area contributed by atoms with Gasteiger partial charge in [-0.15, -0.1) is 0 Å². The Balaban J connectivity index is 1.81. The third kappa shape index (κ3) is 1.45. The molecule has 0 unspecified atom stereocenters.